The smallest absolute Gasteiger partial charge is 0.335 e. The second-order valence-corrected chi connectivity index (χ2v) is 13.7. The number of hydrogen-bond acceptors (Lipinski definition) is 12. The van der Waals surface area contributed by atoms with E-state index in [1.54, 1.807) is 36.3 Å². The van der Waals surface area contributed by atoms with Crippen LogP contribution >= 0.6 is 0 Å². The number of fused-ring (bicyclic) bond motifs is 2. The number of amides is 5. The first-order valence-electron chi connectivity index (χ1n) is 19.0. The van der Waals surface area contributed by atoms with E-state index in [1.165, 1.54) is 48.4 Å². The number of carboxylic acid groups (broad SMARTS) is 1. The molecule has 0 bridgehead atoms. The van der Waals surface area contributed by atoms with Crippen molar-refractivity contribution in [3.8, 4) is 11.5 Å². The number of carbonyl (C=O) groups excluding carboxylic acids is 5. The Bertz CT molecular complexity index is 2570. The lowest BCUT2D eigenvalue weighted by atomic mass is 10.1. The number of aromatic nitrogens is 6. The Morgan fingerprint density at radius 3 is 2.15 bits per heavy atom. The van der Waals surface area contributed by atoms with Gasteiger partial charge in [0.05, 0.1) is 36.0 Å². The van der Waals surface area contributed by atoms with E-state index in [1.807, 2.05) is 23.6 Å². The lowest BCUT2D eigenvalue weighted by molar-refractivity contribution is -0.138. The van der Waals surface area contributed by atoms with E-state index in [0.717, 1.165) is 4.90 Å². The minimum absolute atomic E-state index is 0.0299. The Hall–Kier alpha value is -7.51. The van der Waals surface area contributed by atoms with E-state index in [9.17, 15) is 33.9 Å². The highest BCUT2D eigenvalue weighted by atomic mass is 16.5. The number of anilines is 2. The molecule has 5 aromatic rings. The van der Waals surface area contributed by atoms with E-state index in [4.69, 9.17) is 20.2 Å². The second kappa shape index (κ2) is 18.0. The molecule has 20 nitrogen and oxygen atoms in total. The average Bonchev–Trinajstić information content (AvgIpc) is 3.98. The molecular formula is C40H45N11O9. The fraction of sp³-hybridized carbons (Fsp3) is 0.325. The summed E-state index contributed by atoms with van der Waals surface area (Å²) in [6, 6.07) is 7.57. The normalized spacial score (nSPS) is 12.6. The van der Waals surface area contributed by atoms with Gasteiger partial charge in [0.2, 0.25) is 23.7 Å². The van der Waals surface area contributed by atoms with Crippen molar-refractivity contribution in [3.05, 3.63) is 77.2 Å². The maximum Gasteiger partial charge on any atom is 0.335 e. The van der Waals surface area contributed by atoms with Gasteiger partial charge >= 0.3 is 5.97 Å². The lowest BCUT2D eigenvalue weighted by Gasteiger charge is -2.19. The number of nitrogens with one attached hydrogen (secondary N) is 2. The Labute approximate surface area is 343 Å². The number of imide groups is 1. The first kappa shape index (κ1) is 42.1. The molecule has 0 fully saturated rings. The molecule has 0 saturated heterocycles. The zero-order chi connectivity index (χ0) is 43.2. The zero-order valence-corrected chi connectivity index (χ0v) is 33.7. The number of aromatic carboxylic acids is 1. The fourth-order valence-corrected chi connectivity index (χ4v) is 6.79. The number of carbonyl (C=O) groups is 6. The van der Waals surface area contributed by atoms with E-state index >= 15 is 0 Å². The van der Waals surface area contributed by atoms with Crippen molar-refractivity contribution in [2.24, 2.45) is 5.73 Å². The summed E-state index contributed by atoms with van der Waals surface area (Å²) in [5.41, 5.74) is 8.61. The third-order valence-corrected chi connectivity index (χ3v) is 9.76. The highest BCUT2D eigenvalue weighted by Gasteiger charge is 2.25. The number of allylic oxidation sites excluding steroid dienone is 2. The van der Waals surface area contributed by atoms with E-state index in [0.29, 0.717) is 58.1 Å². The summed E-state index contributed by atoms with van der Waals surface area (Å²) in [4.78, 5) is 86.2. The summed E-state index contributed by atoms with van der Waals surface area (Å²) in [7, 11) is 4.76. The molecule has 5 N–H and O–H groups in total. The van der Waals surface area contributed by atoms with Crippen LogP contribution in [0.2, 0.25) is 0 Å². The van der Waals surface area contributed by atoms with Crippen molar-refractivity contribution < 1.29 is 43.3 Å². The summed E-state index contributed by atoms with van der Waals surface area (Å²) in [6.07, 6.45) is 6.37. The van der Waals surface area contributed by atoms with Gasteiger partial charge in [0.1, 0.15) is 28.2 Å². The topological polar surface area (TPSA) is 251 Å². The molecule has 20 heteroatoms. The summed E-state index contributed by atoms with van der Waals surface area (Å²) in [5.74, 6) is -2.29. The monoisotopic (exact) mass is 823 g/mol. The number of methoxy groups -OCH3 is 1. The van der Waals surface area contributed by atoms with Crippen LogP contribution in [0.1, 0.15) is 56.7 Å². The molecule has 2 aromatic carbocycles. The standard InChI is InChI=1S/C40H45N11O9/c1-6-51-28(18-23(2)46-51)37(56)45-40-44-26-19-24(36(41)55)21-30(60-17-9-13-47(4)31(52)12-16-48-32(53)10-11-33(48)54)35(26)50(40)15-8-7-14-49-34-27(43-39(49)42-3)20-25(38(57)58)22-29(34)59-5/h7-8,10-11,18-22H,6,9,12-17H2,1-5H3,(H2,41,55)(H,42,43)(H,57,58)(H,44,45,56)/b8-7+. The molecule has 60 heavy (non-hydrogen) atoms. The van der Waals surface area contributed by atoms with Crippen LogP contribution in [0.3, 0.4) is 0 Å². The van der Waals surface area contributed by atoms with Crippen LogP contribution in [-0.4, -0.2) is 120 Å². The predicted octanol–water partition coefficient (Wildman–Crippen LogP) is 2.81. The number of rotatable bonds is 19. The van der Waals surface area contributed by atoms with Crippen molar-refractivity contribution >= 4 is 69.5 Å². The molecule has 0 unspecified atom stereocenters. The van der Waals surface area contributed by atoms with Gasteiger partial charge in [-0.2, -0.15) is 5.10 Å². The largest absolute Gasteiger partial charge is 0.494 e. The maximum atomic E-state index is 13.7. The molecular weight excluding hydrogens is 779 g/mol. The van der Waals surface area contributed by atoms with Gasteiger partial charge in [-0.15, -0.1) is 0 Å². The average molecular weight is 824 g/mol. The quantitative estimate of drug-likeness (QED) is 0.0532. The molecule has 0 spiro atoms. The highest BCUT2D eigenvalue weighted by Crippen LogP contribution is 2.33. The molecule has 5 amide bonds. The Balaban J connectivity index is 1.28. The fourth-order valence-electron chi connectivity index (χ4n) is 6.79. The number of nitrogens with two attached hydrogens (primary N) is 1. The van der Waals surface area contributed by atoms with Gasteiger partial charge in [-0.3, -0.25) is 38.9 Å². The number of carboxylic acids is 1. The molecule has 0 atom stereocenters. The number of benzene rings is 2. The molecule has 6 rings (SSSR count). The van der Waals surface area contributed by atoms with Crippen LogP contribution in [0.4, 0.5) is 11.9 Å². The number of aryl methyl sites for hydroxylation is 2. The minimum Gasteiger partial charge on any atom is -0.494 e. The van der Waals surface area contributed by atoms with E-state index < -0.39 is 29.6 Å². The summed E-state index contributed by atoms with van der Waals surface area (Å²) >= 11 is 0. The van der Waals surface area contributed by atoms with Crippen molar-refractivity contribution in [3.63, 3.8) is 0 Å². The third kappa shape index (κ3) is 8.81. The third-order valence-electron chi connectivity index (χ3n) is 9.76. The van der Waals surface area contributed by atoms with Crippen molar-refractivity contribution in [2.45, 2.75) is 46.3 Å². The number of ether oxygens (including phenoxy) is 2. The predicted molar refractivity (Wildman–Crippen MR) is 219 cm³/mol. The SMILES string of the molecule is CCn1nc(C)cc1C(=O)Nc1nc2cc(C(N)=O)cc(OCCCN(C)C(=O)CCN3C(=O)C=CC3=O)c2n1C/C=C/Cn1c(NC)nc2cc(C(=O)O)cc(OC)c21. The highest BCUT2D eigenvalue weighted by molar-refractivity contribution is 6.13. The summed E-state index contributed by atoms with van der Waals surface area (Å²) in [6.45, 7) is 4.89. The Morgan fingerprint density at radius 1 is 0.917 bits per heavy atom. The van der Waals surface area contributed by atoms with Crippen LogP contribution in [0.25, 0.3) is 22.1 Å². The molecule has 1 aliphatic rings. The number of nitrogens with zero attached hydrogens (tertiary/aromatic N) is 8. The maximum absolute atomic E-state index is 13.7. The van der Waals surface area contributed by atoms with Gasteiger partial charge in [0.25, 0.3) is 17.7 Å². The number of primary amides is 1. The number of hydrogen-bond donors (Lipinski definition) is 4. The molecule has 4 heterocycles. The van der Waals surface area contributed by atoms with Crippen molar-refractivity contribution in [1.29, 1.82) is 0 Å². The van der Waals surface area contributed by atoms with Gasteiger partial charge in [-0.1, -0.05) is 12.2 Å². The van der Waals surface area contributed by atoms with Gasteiger partial charge in [-0.25, -0.2) is 14.8 Å². The van der Waals surface area contributed by atoms with Crippen LogP contribution < -0.4 is 25.8 Å². The van der Waals surface area contributed by atoms with Crippen LogP contribution in [0.15, 0.2) is 54.6 Å². The number of imidazole rings is 2. The molecule has 0 aliphatic carbocycles. The minimum atomic E-state index is -1.12. The van der Waals surface area contributed by atoms with Gasteiger partial charge < -0.3 is 39.7 Å². The van der Waals surface area contributed by atoms with Crippen LogP contribution in [0.5, 0.6) is 11.5 Å². The van der Waals surface area contributed by atoms with Gasteiger partial charge in [-0.05, 0) is 50.6 Å². The van der Waals surface area contributed by atoms with E-state index in [-0.39, 0.29) is 67.9 Å². The summed E-state index contributed by atoms with van der Waals surface area (Å²) < 4.78 is 16.9. The zero-order valence-electron chi connectivity index (χ0n) is 33.7. The first-order valence-corrected chi connectivity index (χ1v) is 19.0. The van der Waals surface area contributed by atoms with Gasteiger partial charge in [0, 0.05) is 71.0 Å². The molecule has 0 saturated carbocycles. The second-order valence-electron chi connectivity index (χ2n) is 13.7. The van der Waals surface area contributed by atoms with E-state index in [2.05, 4.69) is 20.7 Å². The molecule has 314 valence electrons. The molecule has 3 aromatic heterocycles. The molecule has 0 radical (unpaired) electrons. The Kier molecular flexibility index (Phi) is 12.6. The van der Waals surface area contributed by atoms with Crippen LogP contribution in [-0.2, 0) is 34.0 Å². The summed E-state index contributed by atoms with van der Waals surface area (Å²) in [5, 5.41) is 19.9. The van der Waals surface area contributed by atoms with Gasteiger partial charge in [0.15, 0.2) is 0 Å². The Morgan fingerprint density at radius 2 is 1.53 bits per heavy atom. The first-order chi connectivity index (χ1) is 28.7. The lowest BCUT2D eigenvalue weighted by Crippen LogP contribution is -2.36. The van der Waals surface area contributed by atoms with Crippen molar-refractivity contribution in [1.82, 2.24) is 38.7 Å². The van der Waals surface area contributed by atoms with Crippen LogP contribution in [0, 0.1) is 6.92 Å². The molecule has 1 aliphatic heterocycles. The van der Waals surface area contributed by atoms with Crippen molar-refractivity contribution in [2.75, 3.05) is 51.5 Å².